The van der Waals surface area contributed by atoms with Crippen LogP contribution in [0.5, 0.6) is 0 Å². The van der Waals surface area contributed by atoms with Crippen molar-refractivity contribution in [1.29, 1.82) is 0 Å². The van der Waals surface area contributed by atoms with Gasteiger partial charge in [0.25, 0.3) is 5.91 Å². The molecule has 2 aliphatic rings. The molecule has 4 rings (SSSR count). The van der Waals surface area contributed by atoms with E-state index < -0.39 is 17.6 Å². The maximum atomic E-state index is 13.3. The minimum Gasteiger partial charge on any atom is -0.335 e. The molecule has 160 valence electrons. The highest BCUT2D eigenvalue weighted by atomic mass is 32.1. The number of benzene rings is 1. The summed E-state index contributed by atoms with van der Waals surface area (Å²) < 4.78 is 39.8. The third-order valence-corrected chi connectivity index (χ3v) is 6.39. The molecule has 0 bridgehead atoms. The fourth-order valence-electron chi connectivity index (χ4n) is 3.90. The van der Waals surface area contributed by atoms with Crippen molar-refractivity contribution in [2.75, 3.05) is 11.9 Å². The monoisotopic (exact) mass is 438 g/mol. The van der Waals surface area contributed by atoms with Crippen molar-refractivity contribution in [3.8, 4) is 0 Å². The molecule has 1 aromatic heterocycles. The van der Waals surface area contributed by atoms with Gasteiger partial charge in [-0.3, -0.25) is 10.1 Å². The van der Waals surface area contributed by atoms with Gasteiger partial charge in [-0.15, -0.1) is 0 Å². The summed E-state index contributed by atoms with van der Waals surface area (Å²) in [7, 11) is 0. The summed E-state index contributed by atoms with van der Waals surface area (Å²) in [4.78, 5) is 31.5. The predicted molar refractivity (Wildman–Crippen MR) is 106 cm³/mol. The van der Waals surface area contributed by atoms with E-state index >= 15 is 0 Å². The number of aromatic nitrogens is 1. The highest BCUT2D eigenvalue weighted by Crippen LogP contribution is 2.34. The molecule has 1 saturated carbocycles. The molecule has 0 saturated heterocycles. The Morgan fingerprint density at radius 2 is 1.90 bits per heavy atom. The number of amides is 3. The van der Waals surface area contributed by atoms with Crippen molar-refractivity contribution in [3.05, 3.63) is 46.0 Å². The van der Waals surface area contributed by atoms with Crippen LogP contribution in [0.15, 0.2) is 24.3 Å². The standard InChI is InChI=1S/C20H21F3N4O2S/c21-20(22,23)14-8-4-3-7-13(14)17(28)27-10-9-15-16(11-27)30-19(25-15)26-18(29)24-12-5-1-2-6-12/h3-4,7-8,12H,1-2,5-6,9-11H2,(H2,24,25,26,29). The summed E-state index contributed by atoms with van der Waals surface area (Å²) in [5.74, 6) is -0.657. The third kappa shape index (κ3) is 4.43. The van der Waals surface area contributed by atoms with Crippen LogP contribution in [0.2, 0.25) is 0 Å². The summed E-state index contributed by atoms with van der Waals surface area (Å²) in [5, 5.41) is 6.09. The summed E-state index contributed by atoms with van der Waals surface area (Å²) in [6, 6.07) is 4.69. The number of hydrogen-bond acceptors (Lipinski definition) is 4. The van der Waals surface area contributed by atoms with Gasteiger partial charge in [0.15, 0.2) is 5.13 Å². The third-order valence-electron chi connectivity index (χ3n) is 5.39. The molecule has 1 fully saturated rings. The first-order valence-electron chi connectivity index (χ1n) is 9.83. The number of hydrogen-bond donors (Lipinski definition) is 2. The van der Waals surface area contributed by atoms with Crippen LogP contribution in [0.3, 0.4) is 0 Å². The number of carbonyl (C=O) groups excluding carboxylic acids is 2. The van der Waals surface area contributed by atoms with Gasteiger partial charge in [-0.05, 0) is 25.0 Å². The molecule has 30 heavy (non-hydrogen) atoms. The quantitative estimate of drug-likeness (QED) is 0.745. The number of alkyl halides is 3. The van der Waals surface area contributed by atoms with E-state index in [4.69, 9.17) is 0 Å². The Balaban J connectivity index is 1.44. The molecular formula is C20H21F3N4O2S. The van der Waals surface area contributed by atoms with Crippen molar-refractivity contribution in [2.24, 2.45) is 0 Å². The molecule has 1 aliphatic heterocycles. The van der Waals surface area contributed by atoms with Crippen LogP contribution in [-0.4, -0.2) is 34.4 Å². The lowest BCUT2D eigenvalue weighted by atomic mass is 10.0. The molecule has 6 nitrogen and oxygen atoms in total. The molecule has 2 aromatic rings. The van der Waals surface area contributed by atoms with Crippen LogP contribution in [0.25, 0.3) is 0 Å². The van der Waals surface area contributed by atoms with Crippen LogP contribution < -0.4 is 10.6 Å². The normalized spacial score (nSPS) is 17.0. The molecule has 0 radical (unpaired) electrons. The number of fused-ring (bicyclic) bond motifs is 1. The minimum absolute atomic E-state index is 0.171. The molecule has 3 amide bonds. The molecular weight excluding hydrogens is 417 g/mol. The van der Waals surface area contributed by atoms with Gasteiger partial charge in [-0.25, -0.2) is 9.78 Å². The first kappa shape index (κ1) is 20.6. The van der Waals surface area contributed by atoms with Crippen LogP contribution in [0, 0.1) is 0 Å². The summed E-state index contributed by atoms with van der Waals surface area (Å²) in [6.45, 7) is 0.444. The number of halogens is 3. The smallest absolute Gasteiger partial charge is 0.335 e. The van der Waals surface area contributed by atoms with Gasteiger partial charge in [0.2, 0.25) is 0 Å². The Kier molecular flexibility index (Phi) is 5.68. The van der Waals surface area contributed by atoms with E-state index in [0.717, 1.165) is 42.3 Å². The fourth-order valence-corrected chi connectivity index (χ4v) is 4.92. The maximum Gasteiger partial charge on any atom is 0.417 e. The lowest BCUT2D eigenvalue weighted by Gasteiger charge is -2.27. The second kappa shape index (κ2) is 8.25. The van der Waals surface area contributed by atoms with E-state index in [1.54, 1.807) is 0 Å². The van der Waals surface area contributed by atoms with E-state index in [9.17, 15) is 22.8 Å². The van der Waals surface area contributed by atoms with Gasteiger partial charge < -0.3 is 10.2 Å². The Labute approximate surface area is 175 Å². The maximum absolute atomic E-state index is 13.3. The molecule has 0 spiro atoms. The van der Waals surface area contributed by atoms with Crippen LogP contribution in [-0.2, 0) is 19.1 Å². The van der Waals surface area contributed by atoms with E-state index in [1.807, 2.05) is 0 Å². The highest BCUT2D eigenvalue weighted by molar-refractivity contribution is 7.15. The number of thiazole rings is 1. The number of nitrogens with zero attached hydrogens (tertiary/aromatic N) is 2. The SMILES string of the molecule is O=C(Nc1nc2c(s1)CN(C(=O)c1ccccc1C(F)(F)F)CC2)NC1CCCC1. The van der Waals surface area contributed by atoms with E-state index in [2.05, 4.69) is 15.6 Å². The second-order valence-corrected chi connectivity index (χ2v) is 8.57. The van der Waals surface area contributed by atoms with E-state index in [-0.39, 0.29) is 30.7 Å². The van der Waals surface area contributed by atoms with Crippen LogP contribution in [0.1, 0.15) is 52.2 Å². The van der Waals surface area contributed by atoms with Crippen molar-refractivity contribution >= 4 is 28.4 Å². The predicted octanol–water partition coefficient (Wildman–Crippen LogP) is 4.42. The average Bonchev–Trinajstić information content (AvgIpc) is 3.35. The van der Waals surface area contributed by atoms with Gasteiger partial charge in [0.05, 0.1) is 23.4 Å². The molecule has 0 unspecified atom stereocenters. The molecule has 2 heterocycles. The Morgan fingerprint density at radius 1 is 1.17 bits per heavy atom. The lowest BCUT2D eigenvalue weighted by molar-refractivity contribution is -0.138. The van der Waals surface area contributed by atoms with Gasteiger partial charge in [-0.2, -0.15) is 13.2 Å². The molecule has 0 atom stereocenters. The van der Waals surface area contributed by atoms with E-state index in [1.165, 1.54) is 34.4 Å². The highest BCUT2D eigenvalue weighted by Gasteiger charge is 2.36. The molecule has 10 heteroatoms. The van der Waals surface area contributed by atoms with Crippen molar-refractivity contribution in [1.82, 2.24) is 15.2 Å². The zero-order valence-electron chi connectivity index (χ0n) is 16.1. The lowest BCUT2D eigenvalue weighted by Crippen LogP contribution is -2.36. The van der Waals surface area contributed by atoms with Gasteiger partial charge in [0.1, 0.15) is 0 Å². The van der Waals surface area contributed by atoms with E-state index in [0.29, 0.717) is 11.6 Å². The molecule has 1 aliphatic carbocycles. The Hall–Kier alpha value is -2.62. The number of urea groups is 1. The molecule has 2 N–H and O–H groups in total. The van der Waals surface area contributed by atoms with Gasteiger partial charge >= 0.3 is 12.2 Å². The zero-order valence-corrected chi connectivity index (χ0v) is 16.9. The Bertz CT molecular complexity index is 954. The minimum atomic E-state index is -4.60. The van der Waals surface area contributed by atoms with Crippen LogP contribution >= 0.6 is 11.3 Å². The fraction of sp³-hybridized carbons (Fsp3) is 0.450. The number of carbonyl (C=O) groups is 2. The largest absolute Gasteiger partial charge is 0.417 e. The van der Waals surface area contributed by atoms with Crippen molar-refractivity contribution < 1.29 is 22.8 Å². The summed E-state index contributed by atoms with van der Waals surface area (Å²) >= 11 is 1.25. The van der Waals surface area contributed by atoms with Crippen molar-refractivity contribution in [3.63, 3.8) is 0 Å². The number of anilines is 1. The first-order chi connectivity index (χ1) is 14.3. The average molecular weight is 438 g/mol. The first-order valence-corrected chi connectivity index (χ1v) is 10.6. The number of nitrogens with one attached hydrogen (secondary N) is 2. The Morgan fingerprint density at radius 3 is 2.63 bits per heavy atom. The van der Waals surface area contributed by atoms with Gasteiger partial charge in [0, 0.05) is 23.9 Å². The van der Waals surface area contributed by atoms with Crippen LogP contribution in [0.4, 0.5) is 23.1 Å². The summed E-state index contributed by atoms with van der Waals surface area (Å²) in [5.41, 5.74) is -0.521. The zero-order chi connectivity index (χ0) is 21.3. The second-order valence-electron chi connectivity index (χ2n) is 7.49. The number of rotatable bonds is 3. The topological polar surface area (TPSA) is 74.3 Å². The molecule has 1 aromatic carbocycles. The summed E-state index contributed by atoms with van der Waals surface area (Å²) in [6.07, 6.45) is -0.00862. The van der Waals surface area contributed by atoms with Crippen molar-refractivity contribution in [2.45, 2.75) is 50.9 Å². The van der Waals surface area contributed by atoms with Gasteiger partial charge in [-0.1, -0.05) is 36.3 Å².